The number of benzene rings is 1. The molecular weight excluding hydrogens is 216 g/mol. The molecule has 0 saturated carbocycles. The van der Waals surface area contributed by atoms with E-state index in [2.05, 4.69) is 11.2 Å². The standard InChI is InChI=1S/C13H16N2O2/c1-9-4-10(2)6-12(5-9)15-13(16)7-11(14-15)8-17-3/h4-6H,7-8H2,1-3H3. The van der Waals surface area contributed by atoms with Crippen molar-refractivity contribution in [1.82, 2.24) is 0 Å². The van der Waals surface area contributed by atoms with Gasteiger partial charge in [0.15, 0.2) is 0 Å². The van der Waals surface area contributed by atoms with Gasteiger partial charge in [0, 0.05) is 7.11 Å². The molecule has 1 aromatic rings. The maximum atomic E-state index is 11.8. The second kappa shape index (κ2) is 4.67. The van der Waals surface area contributed by atoms with Crippen molar-refractivity contribution in [3.63, 3.8) is 0 Å². The van der Waals surface area contributed by atoms with Crippen LogP contribution in [-0.2, 0) is 9.53 Å². The van der Waals surface area contributed by atoms with E-state index >= 15 is 0 Å². The highest BCUT2D eigenvalue weighted by Gasteiger charge is 2.25. The maximum Gasteiger partial charge on any atom is 0.253 e. The van der Waals surface area contributed by atoms with Crippen molar-refractivity contribution in [2.45, 2.75) is 20.3 Å². The van der Waals surface area contributed by atoms with Gasteiger partial charge in [0.2, 0.25) is 0 Å². The smallest absolute Gasteiger partial charge is 0.253 e. The van der Waals surface area contributed by atoms with Crippen LogP contribution in [0.5, 0.6) is 0 Å². The highest BCUT2D eigenvalue weighted by Crippen LogP contribution is 2.23. The number of rotatable bonds is 3. The van der Waals surface area contributed by atoms with E-state index < -0.39 is 0 Å². The third kappa shape index (κ3) is 2.53. The zero-order valence-corrected chi connectivity index (χ0v) is 10.4. The van der Waals surface area contributed by atoms with E-state index in [-0.39, 0.29) is 5.91 Å². The Balaban J connectivity index is 2.30. The summed E-state index contributed by atoms with van der Waals surface area (Å²) in [5, 5.41) is 5.75. The summed E-state index contributed by atoms with van der Waals surface area (Å²) in [6.07, 6.45) is 0.348. The molecule has 17 heavy (non-hydrogen) atoms. The fourth-order valence-electron chi connectivity index (χ4n) is 2.00. The van der Waals surface area contributed by atoms with E-state index in [1.165, 1.54) is 5.01 Å². The Morgan fingerprint density at radius 1 is 1.29 bits per heavy atom. The molecule has 0 radical (unpaired) electrons. The molecule has 0 atom stereocenters. The summed E-state index contributed by atoms with van der Waals surface area (Å²) in [5.41, 5.74) is 3.86. The topological polar surface area (TPSA) is 41.9 Å². The first-order valence-electron chi connectivity index (χ1n) is 5.56. The molecule has 1 aromatic carbocycles. The second-order valence-electron chi connectivity index (χ2n) is 4.33. The highest BCUT2D eigenvalue weighted by atomic mass is 16.5. The largest absolute Gasteiger partial charge is 0.379 e. The van der Waals surface area contributed by atoms with Crippen LogP contribution >= 0.6 is 0 Å². The number of carbonyl (C=O) groups is 1. The van der Waals surface area contributed by atoms with Gasteiger partial charge in [-0.1, -0.05) is 6.07 Å². The molecule has 4 nitrogen and oxygen atoms in total. The molecule has 1 aliphatic heterocycles. The molecule has 1 heterocycles. The number of aryl methyl sites for hydroxylation is 2. The Hall–Kier alpha value is -1.68. The van der Waals surface area contributed by atoms with Gasteiger partial charge >= 0.3 is 0 Å². The Bertz CT molecular complexity index is 460. The van der Waals surface area contributed by atoms with Crippen LogP contribution in [0.15, 0.2) is 23.3 Å². The van der Waals surface area contributed by atoms with Gasteiger partial charge in [-0.05, 0) is 37.1 Å². The minimum Gasteiger partial charge on any atom is -0.379 e. The summed E-state index contributed by atoms with van der Waals surface area (Å²) in [6.45, 7) is 4.43. The minimum atomic E-state index is 0.00190. The van der Waals surface area contributed by atoms with Crippen LogP contribution in [0.4, 0.5) is 5.69 Å². The average molecular weight is 232 g/mol. The lowest BCUT2D eigenvalue weighted by Gasteiger charge is -2.13. The third-order valence-corrected chi connectivity index (χ3v) is 2.59. The fourth-order valence-corrected chi connectivity index (χ4v) is 2.00. The zero-order valence-electron chi connectivity index (χ0n) is 10.4. The molecule has 0 aromatic heterocycles. The number of hydrazone groups is 1. The van der Waals surface area contributed by atoms with E-state index in [9.17, 15) is 4.79 Å². The average Bonchev–Trinajstić information content (AvgIpc) is 2.58. The van der Waals surface area contributed by atoms with Gasteiger partial charge in [-0.15, -0.1) is 0 Å². The summed E-state index contributed by atoms with van der Waals surface area (Å²) in [5.74, 6) is 0.00190. The molecule has 0 saturated heterocycles. The molecule has 0 aliphatic carbocycles. The first-order valence-corrected chi connectivity index (χ1v) is 5.56. The lowest BCUT2D eigenvalue weighted by atomic mass is 10.1. The third-order valence-electron chi connectivity index (χ3n) is 2.59. The van der Waals surface area contributed by atoms with E-state index in [1.54, 1.807) is 7.11 Å². The number of anilines is 1. The number of hydrogen-bond donors (Lipinski definition) is 0. The van der Waals surface area contributed by atoms with Crippen LogP contribution in [0.1, 0.15) is 17.5 Å². The van der Waals surface area contributed by atoms with Crippen molar-refractivity contribution in [3.8, 4) is 0 Å². The number of ether oxygens (including phenoxy) is 1. The van der Waals surface area contributed by atoms with E-state index in [0.29, 0.717) is 13.0 Å². The quantitative estimate of drug-likeness (QED) is 0.800. The van der Waals surface area contributed by atoms with Crippen molar-refractivity contribution in [2.75, 3.05) is 18.7 Å². The number of nitrogens with zero attached hydrogens (tertiary/aromatic N) is 2. The molecule has 1 amide bonds. The Kier molecular flexibility index (Phi) is 3.24. The molecule has 0 fully saturated rings. The van der Waals surface area contributed by atoms with Gasteiger partial charge in [0.25, 0.3) is 5.91 Å². The first-order chi connectivity index (χ1) is 8.10. The lowest BCUT2D eigenvalue weighted by molar-refractivity contribution is -0.116. The summed E-state index contributed by atoms with van der Waals surface area (Å²) in [4.78, 5) is 11.8. The Morgan fingerprint density at radius 3 is 2.53 bits per heavy atom. The Morgan fingerprint density at radius 2 is 1.94 bits per heavy atom. The molecule has 0 unspecified atom stereocenters. The minimum absolute atomic E-state index is 0.00190. The normalized spacial score (nSPS) is 15.4. The Labute approximate surface area is 101 Å². The van der Waals surface area contributed by atoms with Gasteiger partial charge in [-0.3, -0.25) is 4.79 Å². The first kappa shape index (κ1) is 11.8. The summed E-state index contributed by atoms with van der Waals surface area (Å²) in [6, 6.07) is 6.00. The SMILES string of the molecule is COCC1=NN(c2cc(C)cc(C)c2)C(=O)C1. The van der Waals surface area contributed by atoms with Crippen LogP contribution in [0.25, 0.3) is 0 Å². The van der Waals surface area contributed by atoms with Gasteiger partial charge in [-0.25, -0.2) is 5.01 Å². The molecule has 0 N–H and O–H groups in total. The summed E-state index contributed by atoms with van der Waals surface area (Å²) in [7, 11) is 1.60. The van der Waals surface area contributed by atoms with Gasteiger partial charge in [0.05, 0.1) is 24.4 Å². The number of carbonyl (C=O) groups excluding carboxylic acids is 1. The van der Waals surface area contributed by atoms with E-state index in [1.807, 2.05) is 26.0 Å². The molecule has 4 heteroatoms. The van der Waals surface area contributed by atoms with E-state index in [4.69, 9.17) is 4.74 Å². The van der Waals surface area contributed by atoms with Crippen LogP contribution in [-0.4, -0.2) is 25.3 Å². The molecule has 0 spiro atoms. The summed E-state index contributed by atoms with van der Waals surface area (Å²) >= 11 is 0. The van der Waals surface area contributed by atoms with E-state index in [0.717, 1.165) is 22.5 Å². The van der Waals surface area contributed by atoms with Crippen LogP contribution in [0.3, 0.4) is 0 Å². The van der Waals surface area contributed by atoms with Gasteiger partial charge < -0.3 is 4.74 Å². The zero-order chi connectivity index (χ0) is 12.4. The highest BCUT2D eigenvalue weighted by molar-refractivity contribution is 6.13. The van der Waals surface area contributed by atoms with Crippen LogP contribution in [0, 0.1) is 13.8 Å². The van der Waals surface area contributed by atoms with Crippen LogP contribution < -0.4 is 5.01 Å². The lowest BCUT2D eigenvalue weighted by Crippen LogP contribution is -2.19. The fraction of sp³-hybridized carbons (Fsp3) is 0.385. The predicted molar refractivity (Wildman–Crippen MR) is 67.3 cm³/mol. The second-order valence-corrected chi connectivity index (χ2v) is 4.33. The number of amides is 1. The maximum absolute atomic E-state index is 11.8. The summed E-state index contributed by atoms with van der Waals surface area (Å²) < 4.78 is 5.00. The number of hydrogen-bond acceptors (Lipinski definition) is 3. The molecule has 90 valence electrons. The van der Waals surface area contributed by atoms with Crippen molar-refractivity contribution < 1.29 is 9.53 Å². The molecular formula is C13H16N2O2. The van der Waals surface area contributed by atoms with Gasteiger partial charge in [0.1, 0.15) is 0 Å². The molecule has 2 rings (SSSR count). The molecule has 1 aliphatic rings. The van der Waals surface area contributed by atoms with Crippen molar-refractivity contribution in [2.24, 2.45) is 5.10 Å². The predicted octanol–water partition coefficient (Wildman–Crippen LogP) is 2.04. The van der Waals surface area contributed by atoms with Crippen LogP contribution in [0.2, 0.25) is 0 Å². The van der Waals surface area contributed by atoms with Crippen molar-refractivity contribution >= 4 is 17.3 Å². The molecule has 0 bridgehead atoms. The monoisotopic (exact) mass is 232 g/mol. The van der Waals surface area contributed by atoms with Gasteiger partial charge in [-0.2, -0.15) is 5.10 Å². The van der Waals surface area contributed by atoms with Crippen molar-refractivity contribution in [3.05, 3.63) is 29.3 Å². The van der Waals surface area contributed by atoms with Crippen molar-refractivity contribution in [1.29, 1.82) is 0 Å². The number of methoxy groups -OCH3 is 1.